The van der Waals surface area contributed by atoms with E-state index in [2.05, 4.69) is 39.4 Å². The summed E-state index contributed by atoms with van der Waals surface area (Å²) in [5.41, 5.74) is 7.87. The van der Waals surface area contributed by atoms with Crippen molar-refractivity contribution in [3.05, 3.63) is 88.2 Å². The van der Waals surface area contributed by atoms with Gasteiger partial charge in [-0.25, -0.2) is 5.43 Å². The van der Waals surface area contributed by atoms with E-state index < -0.39 is 17.6 Å². The zero-order valence-electron chi connectivity index (χ0n) is 22.4. The topological polar surface area (TPSA) is 46.4 Å². The average Bonchev–Trinajstić information content (AvgIpc) is 3.15. The van der Waals surface area contributed by atoms with Crippen LogP contribution in [0.1, 0.15) is 72.2 Å². The summed E-state index contributed by atoms with van der Waals surface area (Å²) in [6.07, 6.45) is 5.32. The molecule has 0 radical (unpaired) electrons. The fourth-order valence-corrected chi connectivity index (χ4v) is 8.00. The fraction of sp³-hybridized carbons (Fsp3) is 0.438. The van der Waals surface area contributed by atoms with Crippen LogP contribution in [0.5, 0.6) is 0 Å². The third kappa shape index (κ3) is 5.04. The molecule has 4 aliphatic rings. The number of carbonyl (C=O) groups is 1. The SMILES string of the molecule is Cc1cc(/C=N/NC(=O)Cc2cccc(C(F)(F)F)c2)c(C)n1-c1ccc(C23CC4CC(CC(C4)C2)C3)cc1. The first-order chi connectivity index (χ1) is 18.6. The number of hydrogen-bond acceptors (Lipinski definition) is 2. The molecule has 4 fully saturated rings. The van der Waals surface area contributed by atoms with E-state index in [-0.39, 0.29) is 12.0 Å². The van der Waals surface area contributed by atoms with Gasteiger partial charge in [-0.15, -0.1) is 0 Å². The minimum absolute atomic E-state index is 0.184. The zero-order chi connectivity index (χ0) is 27.4. The molecule has 3 aromatic rings. The van der Waals surface area contributed by atoms with E-state index in [1.54, 1.807) is 6.21 Å². The molecule has 1 amide bonds. The zero-order valence-corrected chi connectivity index (χ0v) is 22.4. The standard InChI is InChI=1S/C32H34F3N3O/c1-20-10-26(19-36-37-30(39)15-22-4-3-5-28(14-22)32(33,34)35)21(2)38(20)29-8-6-27(7-9-29)31-16-23-11-24(17-31)13-25(12-23)18-31/h3-10,14,19,23-25H,11-13,15-18H2,1-2H3,(H,37,39)/b36-19+. The van der Waals surface area contributed by atoms with Gasteiger partial charge in [-0.2, -0.15) is 18.3 Å². The van der Waals surface area contributed by atoms with Gasteiger partial charge in [-0.05, 0) is 111 Å². The highest BCUT2D eigenvalue weighted by molar-refractivity contribution is 5.84. The minimum Gasteiger partial charge on any atom is -0.318 e. The lowest BCUT2D eigenvalue weighted by Crippen LogP contribution is -2.48. The van der Waals surface area contributed by atoms with Gasteiger partial charge in [0.25, 0.3) is 0 Å². The summed E-state index contributed by atoms with van der Waals surface area (Å²) in [4.78, 5) is 12.3. The lowest BCUT2D eigenvalue weighted by Gasteiger charge is -2.57. The third-order valence-corrected chi connectivity index (χ3v) is 9.26. The number of nitrogens with one attached hydrogen (secondary N) is 1. The lowest BCUT2D eigenvalue weighted by atomic mass is 9.48. The first-order valence-corrected chi connectivity index (χ1v) is 13.9. The number of carbonyl (C=O) groups excluding carboxylic acids is 1. The smallest absolute Gasteiger partial charge is 0.318 e. The monoisotopic (exact) mass is 533 g/mol. The Labute approximate surface area is 227 Å². The van der Waals surface area contributed by atoms with Crippen LogP contribution in [0.2, 0.25) is 0 Å². The van der Waals surface area contributed by atoms with Crippen LogP contribution >= 0.6 is 0 Å². The summed E-state index contributed by atoms with van der Waals surface area (Å²) < 4.78 is 41.0. The molecule has 4 saturated carbocycles. The van der Waals surface area contributed by atoms with Gasteiger partial charge in [-0.3, -0.25) is 4.79 Å². The van der Waals surface area contributed by atoms with Gasteiger partial charge in [0, 0.05) is 22.6 Å². The lowest BCUT2D eigenvalue weighted by molar-refractivity contribution is -0.137. The summed E-state index contributed by atoms with van der Waals surface area (Å²) in [7, 11) is 0. The van der Waals surface area contributed by atoms with Crippen LogP contribution in [0, 0.1) is 31.6 Å². The normalized spacial score (nSPS) is 25.9. The second-order valence-electron chi connectivity index (χ2n) is 12.1. The highest BCUT2D eigenvalue weighted by Gasteiger charge is 2.51. The summed E-state index contributed by atoms with van der Waals surface area (Å²) in [6.45, 7) is 4.06. The second kappa shape index (κ2) is 9.68. The van der Waals surface area contributed by atoms with Crippen molar-refractivity contribution in [2.75, 3.05) is 0 Å². The molecule has 1 N–H and O–H groups in total. The predicted molar refractivity (Wildman–Crippen MR) is 146 cm³/mol. The van der Waals surface area contributed by atoms with Crippen LogP contribution in [0.3, 0.4) is 0 Å². The van der Waals surface area contributed by atoms with Crippen molar-refractivity contribution in [1.82, 2.24) is 9.99 Å². The average molecular weight is 534 g/mol. The minimum atomic E-state index is -4.44. The molecule has 1 heterocycles. The molecule has 7 rings (SSSR count). The van der Waals surface area contributed by atoms with Crippen LogP contribution < -0.4 is 5.43 Å². The summed E-state index contributed by atoms with van der Waals surface area (Å²) in [5.74, 6) is 2.27. The number of hydrogen-bond donors (Lipinski definition) is 1. The van der Waals surface area contributed by atoms with Crippen molar-refractivity contribution in [3.8, 4) is 5.69 Å². The maximum atomic E-state index is 12.9. The molecule has 204 valence electrons. The van der Waals surface area contributed by atoms with Gasteiger partial charge in [0.05, 0.1) is 18.2 Å². The van der Waals surface area contributed by atoms with Crippen LogP contribution in [0.15, 0.2) is 59.7 Å². The molecule has 4 aliphatic carbocycles. The molecule has 0 spiro atoms. The van der Waals surface area contributed by atoms with E-state index in [1.165, 1.54) is 56.2 Å². The van der Waals surface area contributed by atoms with E-state index >= 15 is 0 Å². The predicted octanol–water partition coefficient (Wildman–Crippen LogP) is 7.27. The maximum Gasteiger partial charge on any atom is 0.416 e. The van der Waals surface area contributed by atoms with Gasteiger partial charge in [0.1, 0.15) is 0 Å². The molecule has 4 nitrogen and oxygen atoms in total. The van der Waals surface area contributed by atoms with Crippen LogP contribution in [-0.2, 0) is 22.8 Å². The van der Waals surface area contributed by atoms with Gasteiger partial charge in [0.2, 0.25) is 5.91 Å². The largest absolute Gasteiger partial charge is 0.416 e. The van der Waals surface area contributed by atoms with E-state index in [0.29, 0.717) is 5.41 Å². The van der Waals surface area contributed by atoms with E-state index in [0.717, 1.165) is 52.5 Å². The highest BCUT2D eigenvalue weighted by atomic mass is 19.4. The number of nitrogens with zero attached hydrogens (tertiary/aromatic N) is 2. The Kier molecular flexibility index (Phi) is 6.43. The molecule has 0 aliphatic heterocycles. The molecule has 0 atom stereocenters. The number of hydrazone groups is 1. The molecule has 0 unspecified atom stereocenters. The Morgan fingerprint density at radius 2 is 1.64 bits per heavy atom. The first kappa shape index (κ1) is 25.9. The Balaban J connectivity index is 1.13. The van der Waals surface area contributed by atoms with E-state index in [1.807, 2.05) is 19.9 Å². The van der Waals surface area contributed by atoms with Crippen molar-refractivity contribution < 1.29 is 18.0 Å². The molecular weight excluding hydrogens is 499 g/mol. The van der Waals surface area contributed by atoms with E-state index in [9.17, 15) is 18.0 Å². The summed E-state index contributed by atoms with van der Waals surface area (Å²) in [6, 6.07) is 15.9. The number of halogens is 3. The van der Waals surface area contributed by atoms with Crippen molar-refractivity contribution in [1.29, 1.82) is 0 Å². The maximum absolute atomic E-state index is 12.9. The fourth-order valence-electron chi connectivity index (χ4n) is 8.00. The summed E-state index contributed by atoms with van der Waals surface area (Å²) in [5, 5.41) is 4.08. The van der Waals surface area contributed by atoms with Gasteiger partial charge in [-0.1, -0.05) is 30.3 Å². The Morgan fingerprint density at radius 1 is 1.00 bits per heavy atom. The number of amides is 1. The molecule has 0 saturated heterocycles. The Bertz CT molecular complexity index is 1380. The van der Waals surface area contributed by atoms with Crippen molar-refractivity contribution in [2.24, 2.45) is 22.9 Å². The van der Waals surface area contributed by atoms with Crippen LogP contribution in [0.4, 0.5) is 13.2 Å². The third-order valence-electron chi connectivity index (χ3n) is 9.26. The number of benzene rings is 2. The van der Waals surface area contributed by atoms with Crippen molar-refractivity contribution >= 4 is 12.1 Å². The number of aryl methyl sites for hydroxylation is 1. The van der Waals surface area contributed by atoms with Gasteiger partial charge < -0.3 is 4.57 Å². The van der Waals surface area contributed by atoms with Crippen molar-refractivity contribution in [2.45, 2.75) is 70.4 Å². The van der Waals surface area contributed by atoms with Gasteiger partial charge >= 0.3 is 6.18 Å². The van der Waals surface area contributed by atoms with E-state index in [4.69, 9.17) is 0 Å². The highest BCUT2D eigenvalue weighted by Crippen LogP contribution is 2.60. The number of rotatable bonds is 6. The Hall–Kier alpha value is -3.35. The molecule has 2 aromatic carbocycles. The molecule has 1 aromatic heterocycles. The quantitative estimate of drug-likeness (QED) is 0.263. The molecule has 7 heteroatoms. The van der Waals surface area contributed by atoms with Crippen LogP contribution in [0.25, 0.3) is 5.69 Å². The van der Waals surface area contributed by atoms with Crippen molar-refractivity contribution in [3.63, 3.8) is 0 Å². The number of alkyl halides is 3. The van der Waals surface area contributed by atoms with Crippen LogP contribution in [-0.4, -0.2) is 16.7 Å². The molecule has 4 bridgehead atoms. The summed E-state index contributed by atoms with van der Waals surface area (Å²) >= 11 is 0. The molecule has 39 heavy (non-hydrogen) atoms. The van der Waals surface area contributed by atoms with Gasteiger partial charge in [0.15, 0.2) is 0 Å². The Morgan fingerprint density at radius 3 is 2.26 bits per heavy atom. The number of aromatic nitrogens is 1. The first-order valence-electron chi connectivity index (χ1n) is 13.9. The molecular formula is C32H34F3N3O. The second-order valence-corrected chi connectivity index (χ2v) is 12.1.